The highest BCUT2D eigenvalue weighted by molar-refractivity contribution is 5.93. The Labute approximate surface area is 226 Å². The summed E-state index contributed by atoms with van der Waals surface area (Å²) in [6.07, 6.45) is 12.9. The van der Waals surface area contributed by atoms with Crippen molar-refractivity contribution in [3.05, 3.63) is 65.9 Å². The van der Waals surface area contributed by atoms with Crippen molar-refractivity contribution in [2.45, 2.75) is 50.0 Å². The first kappa shape index (κ1) is 27.6. The summed E-state index contributed by atoms with van der Waals surface area (Å²) in [5.41, 5.74) is 1.73. The van der Waals surface area contributed by atoms with Crippen LogP contribution in [0.15, 0.2) is 70.9 Å². The van der Waals surface area contributed by atoms with Crippen LogP contribution < -0.4 is 20.7 Å². The second-order valence-corrected chi connectivity index (χ2v) is 10.3. The average molecular weight is 517 g/mol. The second kappa shape index (κ2) is 12.9. The van der Waals surface area contributed by atoms with E-state index in [4.69, 9.17) is 9.73 Å². The average Bonchev–Trinajstić information content (AvgIpc) is 2.92. The number of piperidine rings is 1. The first-order valence-electron chi connectivity index (χ1n) is 13.4. The second-order valence-electron chi connectivity index (χ2n) is 10.3. The van der Waals surface area contributed by atoms with Crippen LogP contribution in [0.25, 0.3) is 0 Å². The molecule has 1 aromatic rings. The molecular formula is C30H40N6O2. The lowest BCUT2D eigenvalue weighted by atomic mass is 9.86. The molecular weight excluding hydrogens is 476 g/mol. The largest absolute Gasteiger partial charge is 0.486 e. The van der Waals surface area contributed by atoms with E-state index in [0.717, 1.165) is 30.6 Å². The van der Waals surface area contributed by atoms with Crippen molar-refractivity contribution in [1.29, 1.82) is 0 Å². The number of para-hydroxylation sites is 1. The van der Waals surface area contributed by atoms with Crippen molar-refractivity contribution < 1.29 is 9.53 Å². The minimum Gasteiger partial charge on any atom is -0.486 e. The Morgan fingerprint density at radius 1 is 1.29 bits per heavy atom. The van der Waals surface area contributed by atoms with Gasteiger partial charge in [0.25, 0.3) is 5.91 Å². The summed E-state index contributed by atoms with van der Waals surface area (Å²) in [5.74, 6) is 6.51. The van der Waals surface area contributed by atoms with Gasteiger partial charge in [0.2, 0.25) is 0 Å². The van der Waals surface area contributed by atoms with Crippen LogP contribution in [-0.2, 0) is 4.79 Å². The number of carbonyl (C=O) groups excluding carboxylic acids is 1. The highest BCUT2D eigenvalue weighted by Crippen LogP contribution is 2.31. The van der Waals surface area contributed by atoms with E-state index in [1.54, 1.807) is 6.34 Å². The summed E-state index contributed by atoms with van der Waals surface area (Å²) >= 11 is 0. The number of aliphatic imine (C=N–C) groups is 1. The Hall–Kier alpha value is -3.38. The SMILES string of the molecule is CNC(C1=CCC(Oc2ccccc2)C=C1)C1=CNC=NC1(C)NC1CCN(C(=O)C#CCN(C)C)CC1. The van der Waals surface area contributed by atoms with Gasteiger partial charge in [-0.05, 0) is 70.6 Å². The molecule has 0 bridgehead atoms. The molecule has 3 aliphatic rings. The van der Waals surface area contributed by atoms with Crippen molar-refractivity contribution in [2.24, 2.45) is 4.99 Å². The van der Waals surface area contributed by atoms with Crippen LogP contribution in [0, 0.1) is 11.8 Å². The van der Waals surface area contributed by atoms with Crippen LogP contribution >= 0.6 is 0 Å². The molecule has 0 saturated carbocycles. The van der Waals surface area contributed by atoms with E-state index in [2.05, 4.69) is 52.9 Å². The molecule has 2 heterocycles. The molecule has 1 aliphatic carbocycles. The zero-order valence-electron chi connectivity index (χ0n) is 22.9. The van der Waals surface area contributed by atoms with E-state index in [9.17, 15) is 4.79 Å². The Morgan fingerprint density at radius 3 is 2.71 bits per heavy atom. The molecule has 0 radical (unpaired) electrons. The van der Waals surface area contributed by atoms with E-state index >= 15 is 0 Å². The van der Waals surface area contributed by atoms with Crippen molar-refractivity contribution in [2.75, 3.05) is 40.8 Å². The summed E-state index contributed by atoms with van der Waals surface area (Å²) in [5, 5.41) is 10.5. The maximum absolute atomic E-state index is 12.5. The first-order valence-corrected chi connectivity index (χ1v) is 13.4. The number of likely N-dealkylation sites (tertiary alicyclic amines) is 1. The number of nitrogens with one attached hydrogen (secondary N) is 3. The van der Waals surface area contributed by atoms with Gasteiger partial charge >= 0.3 is 0 Å². The van der Waals surface area contributed by atoms with Gasteiger partial charge in [-0.1, -0.05) is 36.3 Å². The topological polar surface area (TPSA) is 81.2 Å². The number of hydrogen-bond donors (Lipinski definition) is 3. The summed E-state index contributed by atoms with van der Waals surface area (Å²) < 4.78 is 6.11. The van der Waals surface area contributed by atoms with Gasteiger partial charge in [-0.2, -0.15) is 0 Å². The molecule has 3 atom stereocenters. The number of amides is 1. The fourth-order valence-electron chi connectivity index (χ4n) is 5.06. The minimum atomic E-state index is -0.576. The lowest BCUT2D eigenvalue weighted by Gasteiger charge is -2.41. The molecule has 3 N–H and O–H groups in total. The van der Waals surface area contributed by atoms with E-state index in [-0.39, 0.29) is 24.1 Å². The number of benzene rings is 1. The third kappa shape index (κ3) is 7.13. The normalized spacial score (nSPS) is 24.1. The third-order valence-corrected chi connectivity index (χ3v) is 7.11. The van der Waals surface area contributed by atoms with Crippen LogP contribution in [0.2, 0.25) is 0 Å². The molecule has 0 aromatic heterocycles. The zero-order valence-corrected chi connectivity index (χ0v) is 22.9. The Morgan fingerprint density at radius 2 is 2.05 bits per heavy atom. The Kier molecular flexibility index (Phi) is 9.40. The molecule has 1 fully saturated rings. The lowest BCUT2D eigenvalue weighted by Crippen LogP contribution is -2.57. The van der Waals surface area contributed by atoms with Crippen LogP contribution in [0.5, 0.6) is 5.75 Å². The van der Waals surface area contributed by atoms with Gasteiger partial charge in [-0.15, -0.1) is 0 Å². The quantitative estimate of drug-likeness (QED) is 0.460. The van der Waals surface area contributed by atoms with Gasteiger partial charge in [-0.25, -0.2) is 4.99 Å². The van der Waals surface area contributed by atoms with Gasteiger partial charge in [0.15, 0.2) is 0 Å². The van der Waals surface area contributed by atoms with Gasteiger partial charge < -0.3 is 20.3 Å². The van der Waals surface area contributed by atoms with Crippen LogP contribution in [-0.4, -0.2) is 86.7 Å². The van der Waals surface area contributed by atoms with Gasteiger partial charge in [0.05, 0.1) is 18.9 Å². The highest BCUT2D eigenvalue weighted by Gasteiger charge is 2.38. The fraction of sp³-hybridized carbons (Fsp3) is 0.467. The fourth-order valence-corrected chi connectivity index (χ4v) is 5.06. The van der Waals surface area contributed by atoms with Crippen molar-refractivity contribution in [3.63, 3.8) is 0 Å². The molecule has 1 saturated heterocycles. The van der Waals surface area contributed by atoms with E-state index in [1.807, 2.05) is 67.5 Å². The highest BCUT2D eigenvalue weighted by atomic mass is 16.5. The standard InChI is InChI=1S/C30H40N6O2/c1-30(34-24-16-19-36(20-17-24)28(37)11-8-18-35(3)4)27(21-32-22-33-30)29(31-2)23-12-14-26(15-13-23)38-25-9-6-5-7-10-25/h5-7,9-10,12-14,21-22,24,26,29,31,34H,15-20H2,1-4H3,(H,32,33). The Balaban J connectivity index is 1.36. The van der Waals surface area contributed by atoms with Gasteiger partial charge in [-0.3, -0.25) is 15.0 Å². The Bertz CT molecular complexity index is 1140. The molecule has 1 aromatic carbocycles. The van der Waals surface area contributed by atoms with Crippen LogP contribution in [0.4, 0.5) is 0 Å². The summed E-state index contributed by atoms with van der Waals surface area (Å²) in [4.78, 5) is 21.1. The van der Waals surface area contributed by atoms with Crippen molar-refractivity contribution in [1.82, 2.24) is 25.8 Å². The van der Waals surface area contributed by atoms with Crippen molar-refractivity contribution in [3.8, 4) is 17.6 Å². The van der Waals surface area contributed by atoms with E-state index in [1.165, 1.54) is 5.57 Å². The third-order valence-electron chi connectivity index (χ3n) is 7.11. The first-order chi connectivity index (χ1) is 18.4. The molecule has 8 nitrogen and oxygen atoms in total. The number of nitrogens with zero attached hydrogens (tertiary/aromatic N) is 3. The number of hydrogen-bond acceptors (Lipinski definition) is 7. The molecule has 0 spiro atoms. The van der Waals surface area contributed by atoms with E-state index in [0.29, 0.717) is 19.6 Å². The predicted octanol–water partition coefficient (Wildman–Crippen LogP) is 2.29. The zero-order chi connectivity index (χ0) is 27.0. The maximum atomic E-state index is 12.5. The monoisotopic (exact) mass is 516 g/mol. The summed E-state index contributed by atoms with van der Waals surface area (Å²) in [6.45, 7) is 4.09. The summed E-state index contributed by atoms with van der Waals surface area (Å²) in [6, 6.07) is 10.2. The summed E-state index contributed by atoms with van der Waals surface area (Å²) in [7, 11) is 5.87. The van der Waals surface area contributed by atoms with E-state index < -0.39 is 5.66 Å². The number of carbonyl (C=O) groups is 1. The van der Waals surface area contributed by atoms with Crippen LogP contribution in [0.1, 0.15) is 26.2 Å². The number of rotatable bonds is 8. The molecule has 38 heavy (non-hydrogen) atoms. The molecule has 202 valence electrons. The van der Waals surface area contributed by atoms with Crippen LogP contribution in [0.3, 0.4) is 0 Å². The van der Waals surface area contributed by atoms with Gasteiger partial charge in [0, 0.05) is 37.3 Å². The minimum absolute atomic E-state index is 0.0139. The molecule has 1 amide bonds. The number of likely N-dealkylation sites (N-methyl/N-ethyl adjacent to an activating group) is 1. The molecule has 3 unspecified atom stereocenters. The molecule has 4 rings (SSSR count). The molecule has 2 aliphatic heterocycles. The predicted molar refractivity (Wildman–Crippen MR) is 153 cm³/mol. The smallest absolute Gasteiger partial charge is 0.298 e. The maximum Gasteiger partial charge on any atom is 0.298 e. The molecule has 8 heteroatoms. The lowest BCUT2D eigenvalue weighted by molar-refractivity contribution is -0.126. The van der Waals surface area contributed by atoms with Gasteiger partial charge in [0.1, 0.15) is 17.5 Å². The number of ether oxygens (including phenoxy) is 1. The van der Waals surface area contributed by atoms with Crippen molar-refractivity contribution >= 4 is 12.2 Å².